The van der Waals surface area contributed by atoms with Crippen LogP contribution >= 0.6 is 0 Å². The molecule has 4 heterocycles. The van der Waals surface area contributed by atoms with E-state index in [1.54, 1.807) is 0 Å². The predicted molar refractivity (Wildman–Crippen MR) is 221 cm³/mol. The first kappa shape index (κ1) is 30.7. The molecule has 0 radical (unpaired) electrons. The van der Waals surface area contributed by atoms with E-state index in [1.807, 2.05) is 36.7 Å². The summed E-state index contributed by atoms with van der Waals surface area (Å²) in [5.41, 5.74) is 4.93. The second-order valence-corrected chi connectivity index (χ2v) is 17.1. The van der Waals surface area contributed by atoms with Gasteiger partial charge < -0.3 is 0 Å². The molecule has 0 saturated carbocycles. The van der Waals surface area contributed by atoms with E-state index in [-0.39, 0.29) is 0 Å². The number of rotatable bonds is 6. The van der Waals surface area contributed by atoms with Gasteiger partial charge in [-0.15, -0.1) is 0 Å². The zero-order valence-electron chi connectivity index (χ0n) is 28.6. The highest BCUT2D eigenvalue weighted by molar-refractivity contribution is 7.20. The smallest absolute Gasteiger partial charge is 0.188 e. The van der Waals surface area contributed by atoms with Crippen LogP contribution in [0.15, 0.2) is 188 Å². The van der Waals surface area contributed by atoms with Crippen LogP contribution in [0.4, 0.5) is 5.69 Å². The van der Waals surface area contributed by atoms with E-state index in [2.05, 4.69) is 166 Å². The third-order valence-corrected chi connectivity index (χ3v) is 15.4. The van der Waals surface area contributed by atoms with E-state index < -0.39 is 8.07 Å². The molecule has 5 nitrogen and oxygen atoms in total. The van der Waals surface area contributed by atoms with Gasteiger partial charge in [-0.25, -0.2) is 14.8 Å². The Morgan fingerprint density at radius 2 is 0.906 bits per heavy atom. The first-order valence-corrected chi connectivity index (χ1v) is 19.7. The van der Waals surface area contributed by atoms with Gasteiger partial charge in [-0.1, -0.05) is 121 Å². The van der Waals surface area contributed by atoms with E-state index in [0.717, 1.165) is 55.0 Å². The second kappa shape index (κ2) is 12.3. The summed E-state index contributed by atoms with van der Waals surface area (Å²) in [5.74, 6) is 1.71. The van der Waals surface area contributed by atoms with Gasteiger partial charge in [-0.3, -0.25) is 9.13 Å². The molecule has 0 bridgehead atoms. The number of hydrogen-bond donors (Lipinski definition) is 0. The fourth-order valence-corrected chi connectivity index (χ4v) is 13.3. The van der Waals surface area contributed by atoms with Gasteiger partial charge in [-0.05, 0) is 80.7 Å². The molecule has 0 atom stereocenters. The molecule has 6 heteroatoms. The highest BCUT2D eigenvalue weighted by Gasteiger charge is 2.43. The zero-order valence-corrected chi connectivity index (χ0v) is 29.6. The van der Waals surface area contributed by atoms with Crippen molar-refractivity contribution >= 4 is 78.1 Å². The highest BCUT2D eigenvalue weighted by Crippen LogP contribution is 2.35. The van der Waals surface area contributed by atoms with E-state index in [9.17, 15) is 0 Å². The molecule has 10 aromatic rings. The molecule has 0 aliphatic rings. The first-order chi connectivity index (χ1) is 26.3. The van der Waals surface area contributed by atoms with Crippen molar-refractivity contribution in [2.75, 3.05) is 0 Å². The van der Waals surface area contributed by atoms with Crippen LogP contribution in [0, 0.1) is 6.57 Å². The fourth-order valence-electron chi connectivity index (χ4n) is 8.41. The summed E-state index contributed by atoms with van der Waals surface area (Å²) in [5, 5.41) is 9.11. The van der Waals surface area contributed by atoms with Gasteiger partial charge in [0.25, 0.3) is 0 Å². The molecule has 53 heavy (non-hydrogen) atoms. The van der Waals surface area contributed by atoms with Gasteiger partial charge in [0.1, 0.15) is 11.6 Å². The molecule has 0 fully saturated rings. The summed E-state index contributed by atoms with van der Waals surface area (Å²) in [6.07, 6.45) is 3.69. The summed E-state index contributed by atoms with van der Waals surface area (Å²) in [7, 11) is -3.23. The Morgan fingerprint density at radius 1 is 0.415 bits per heavy atom. The Bertz CT molecular complexity index is 2960. The van der Waals surface area contributed by atoms with Crippen molar-refractivity contribution in [3.05, 3.63) is 200 Å². The molecule has 0 saturated heterocycles. The number of para-hydroxylation sites is 2. The predicted octanol–water partition coefficient (Wildman–Crippen LogP) is 8.60. The third-order valence-electron chi connectivity index (χ3n) is 10.6. The maximum atomic E-state index is 8.77. The topological polar surface area (TPSA) is 40.0 Å². The second-order valence-electron chi connectivity index (χ2n) is 13.3. The van der Waals surface area contributed by atoms with Crippen molar-refractivity contribution in [2.24, 2.45) is 0 Å². The van der Waals surface area contributed by atoms with Crippen LogP contribution in [-0.4, -0.2) is 27.2 Å². The number of hydrogen-bond acceptors (Lipinski definition) is 2. The lowest BCUT2D eigenvalue weighted by molar-refractivity contribution is 1.08. The van der Waals surface area contributed by atoms with E-state index in [1.165, 1.54) is 20.9 Å². The lowest BCUT2D eigenvalue weighted by Crippen LogP contribution is -2.74. The zero-order chi connectivity index (χ0) is 35.4. The third kappa shape index (κ3) is 4.62. The average molecular weight is 694 g/mol. The summed E-state index contributed by atoms with van der Waals surface area (Å²) in [6, 6.07) is 62.2. The van der Waals surface area contributed by atoms with Crippen LogP contribution in [0.2, 0.25) is 0 Å². The monoisotopic (exact) mass is 693 g/mol. The molecule has 6 aromatic carbocycles. The van der Waals surface area contributed by atoms with Gasteiger partial charge in [0.05, 0.1) is 28.6 Å². The molecule has 0 N–H and O–H groups in total. The summed E-state index contributed by atoms with van der Waals surface area (Å²) in [6.45, 7) is 8.77. The Morgan fingerprint density at radius 3 is 1.45 bits per heavy atom. The molecule has 0 amide bonds. The van der Waals surface area contributed by atoms with Crippen LogP contribution < -0.4 is 20.7 Å². The molecular weight excluding hydrogens is 663 g/mol. The van der Waals surface area contributed by atoms with Crippen molar-refractivity contribution in [2.45, 2.75) is 0 Å². The first-order valence-electron chi connectivity index (χ1n) is 17.7. The number of aromatic nitrogens is 4. The van der Waals surface area contributed by atoms with E-state index in [0.29, 0.717) is 5.69 Å². The normalized spacial score (nSPS) is 11.8. The van der Waals surface area contributed by atoms with Crippen molar-refractivity contribution in [1.82, 2.24) is 19.1 Å². The lowest BCUT2D eigenvalue weighted by Gasteiger charge is -2.35. The van der Waals surface area contributed by atoms with Crippen molar-refractivity contribution in [3.8, 4) is 11.6 Å². The van der Waals surface area contributed by atoms with Gasteiger partial charge in [0.15, 0.2) is 13.8 Å². The Labute approximate surface area is 307 Å². The average Bonchev–Trinajstić information content (AvgIpc) is 3.74. The van der Waals surface area contributed by atoms with E-state index in [4.69, 9.17) is 16.5 Å². The molecule has 0 spiro atoms. The van der Waals surface area contributed by atoms with Gasteiger partial charge in [0.2, 0.25) is 0 Å². The molecule has 10 rings (SSSR count). The van der Waals surface area contributed by atoms with Crippen molar-refractivity contribution in [1.29, 1.82) is 0 Å². The van der Waals surface area contributed by atoms with Crippen molar-refractivity contribution < 1.29 is 0 Å². The Hall–Kier alpha value is -7.07. The number of benzene rings is 6. The maximum absolute atomic E-state index is 8.77. The van der Waals surface area contributed by atoms with Crippen molar-refractivity contribution in [3.63, 3.8) is 0 Å². The summed E-state index contributed by atoms with van der Waals surface area (Å²) in [4.78, 5) is 14.0. The molecule has 4 aromatic heterocycles. The minimum Gasteiger partial charge on any atom is -0.294 e. The van der Waals surface area contributed by atoms with Crippen LogP contribution in [-0.2, 0) is 0 Å². The van der Waals surface area contributed by atoms with Crippen LogP contribution in [0.5, 0.6) is 0 Å². The molecule has 0 aliphatic heterocycles. The molecule has 0 unspecified atom stereocenters. The number of nitrogens with zero attached hydrogens (tertiary/aromatic N) is 5. The summed E-state index contributed by atoms with van der Waals surface area (Å²) < 4.78 is 4.53. The number of fused-ring (bicyclic) bond motifs is 6. The Balaban J connectivity index is 1.39. The van der Waals surface area contributed by atoms with Gasteiger partial charge >= 0.3 is 0 Å². The van der Waals surface area contributed by atoms with Crippen LogP contribution in [0.3, 0.4) is 0 Å². The quantitative estimate of drug-likeness (QED) is 0.0995. The fraction of sp³-hybridized carbons (Fsp3) is 0. The Kier molecular flexibility index (Phi) is 7.14. The highest BCUT2D eigenvalue weighted by atomic mass is 28.3. The largest absolute Gasteiger partial charge is 0.294 e. The van der Waals surface area contributed by atoms with Gasteiger partial charge in [-0.2, -0.15) is 0 Å². The lowest BCUT2D eigenvalue weighted by atomic mass is 10.1. The van der Waals surface area contributed by atoms with Crippen LogP contribution in [0.25, 0.3) is 60.1 Å². The summed E-state index contributed by atoms with van der Waals surface area (Å²) >= 11 is 0. The standard InChI is InChI=1S/C47H31N5Si/c1-48-40-31-39-37-21-9-11-23-42(37)52(47-25-13-15-29-50-47)44(39)32-45(40)53(33-16-4-2-5-17-33,34-18-6-3-7-19-34)35-26-27-38-36-20-8-10-22-41(36)51(43(38)30-35)46-24-12-14-28-49-46/h2-32H. The molecular formula is C47H31N5Si. The maximum Gasteiger partial charge on any atom is 0.188 e. The van der Waals surface area contributed by atoms with E-state index >= 15 is 0 Å². The minimum atomic E-state index is -3.23. The molecule has 248 valence electrons. The van der Waals surface area contributed by atoms with Crippen LogP contribution in [0.1, 0.15) is 0 Å². The molecule has 0 aliphatic carbocycles. The van der Waals surface area contributed by atoms with Gasteiger partial charge in [0, 0.05) is 28.6 Å². The number of pyridine rings is 2. The minimum absolute atomic E-state index is 0.658. The SMILES string of the molecule is [C-]#[N+]c1cc2c3ccccc3n(-c3ccccn3)c2cc1[Si](c1ccccc1)(c1ccccc1)c1ccc2c3ccccc3n(-c3ccccn3)c2c1.